The van der Waals surface area contributed by atoms with Crippen molar-refractivity contribution < 1.29 is 19.7 Å². The zero-order valence-corrected chi connectivity index (χ0v) is 12.5. The van der Waals surface area contributed by atoms with Gasteiger partial charge in [0, 0.05) is 0 Å². The highest BCUT2D eigenvalue weighted by atomic mass is 17.1. The standard InChI is InChI=1S/C15H30O4/c1-3-4-5-6-7-8-9-10-11-12-13-18-15(16)14(2)19-17/h14,17H,3-13H2,1-2H3. The van der Waals surface area contributed by atoms with Crippen LogP contribution >= 0.6 is 0 Å². The molecule has 0 aromatic rings. The van der Waals surface area contributed by atoms with Gasteiger partial charge >= 0.3 is 5.97 Å². The van der Waals surface area contributed by atoms with Crippen molar-refractivity contribution in [1.82, 2.24) is 0 Å². The molecule has 1 unspecified atom stereocenters. The van der Waals surface area contributed by atoms with Gasteiger partial charge in [-0.25, -0.2) is 9.68 Å². The molecule has 0 bridgehead atoms. The summed E-state index contributed by atoms with van der Waals surface area (Å²) in [6.45, 7) is 4.12. The van der Waals surface area contributed by atoms with E-state index >= 15 is 0 Å². The Morgan fingerprint density at radius 1 is 0.947 bits per heavy atom. The molecule has 0 aromatic heterocycles. The van der Waals surface area contributed by atoms with Gasteiger partial charge in [0.2, 0.25) is 0 Å². The minimum Gasteiger partial charge on any atom is -0.464 e. The molecule has 0 saturated carbocycles. The SMILES string of the molecule is CCCCCCCCCCCCOC(=O)C(C)OO. The van der Waals surface area contributed by atoms with Gasteiger partial charge in [0.25, 0.3) is 0 Å². The summed E-state index contributed by atoms with van der Waals surface area (Å²) in [7, 11) is 0. The second-order valence-electron chi connectivity index (χ2n) is 5.10. The molecule has 1 N–H and O–H groups in total. The molecular weight excluding hydrogens is 244 g/mol. The molecule has 19 heavy (non-hydrogen) atoms. The summed E-state index contributed by atoms with van der Waals surface area (Å²) in [5.41, 5.74) is 0. The summed E-state index contributed by atoms with van der Waals surface area (Å²) in [6.07, 6.45) is 11.6. The van der Waals surface area contributed by atoms with E-state index in [1.54, 1.807) is 0 Å². The van der Waals surface area contributed by atoms with E-state index in [4.69, 9.17) is 9.99 Å². The zero-order chi connectivity index (χ0) is 14.3. The molecule has 0 radical (unpaired) electrons. The Hall–Kier alpha value is -0.610. The second kappa shape index (κ2) is 13.8. The number of unbranched alkanes of at least 4 members (excludes halogenated alkanes) is 9. The molecule has 114 valence electrons. The van der Waals surface area contributed by atoms with E-state index in [-0.39, 0.29) is 0 Å². The number of carbonyl (C=O) groups excluding carboxylic acids is 1. The summed E-state index contributed by atoms with van der Waals surface area (Å²) in [5.74, 6) is -0.501. The lowest BCUT2D eigenvalue weighted by molar-refractivity contribution is -0.273. The molecule has 0 heterocycles. The van der Waals surface area contributed by atoms with E-state index in [0.717, 1.165) is 12.8 Å². The van der Waals surface area contributed by atoms with Crippen molar-refractivity contribution in [1.29, 1.82) is 0 Å². The predicted octanol–water partition coefficient (Wildman–Crippen LogP) is 4.33. The molecule has 4 nitrogen and oxygen atoms in total. The maximum atomic E-state index is 11.1. The van der Waals surface area contributed by atoms with Crippen molar-refractivity contribution in [3.63, 3.8) is 0 Å². The molecular formula is C15H30O4. The van der Waals surface area contributed by atoms with Crippen LogP contribution in [0.4, 0.5) is 0 Å². The van der Waals surface area contributed by atoms with E-state index in [9.17, 15) is 4.79 Å². The van der Waals surface area contributed by atoms with Gasteiger partial charge in [-0.05, 0) is 13.3 Å². The molecule has 0 aliphatic carbocycles. The first-order chi connectivity index (χ1) is 9.22. The highest BCUT2D eigenvalue weighted by Gasteiger charge is 2.13. The Morgan fingerprint density at radius 3 is 1.89 bits per heavy atom. The van der Waals surface area contributed by atoms with Gasteiger partial charge in [0.15, 0.2) is 6.10 Å². The fraction of sp³-hybridized carbons (Fsp3) is 0.933. The third kappa shape index (κ3) is 12.2. The highest BCUT2D eigenvalue weighted by Crippen LogP contribution is 2.10. The van der Waals surface area contributed by atoms with Crippen LogP contribution in [-0.4, -0.2) is 23.9 Å². The maximum absolute atomic E-state index is 11.1. The van der Waals surface area contributed by atoms with Gasteiger partial charge < -0.3 is 4.74 Å². The van der Waals surface area contributed by atoms with E-state index in [2.05, 4.69) is 11.8 Å². The van der Waals surface area contributed by atoms with E-state index in [1.807, 2.05) is 0 Å². The van der Waals surface area contributed by atoms with Gasteiger partial charge in [-0.3, -0.25) is 5.26 Å². The first-order valence-electron chi connectivity index (χ1n) is 7.69. The van der Waals surface area contributed by atoms with Gasteiger partial charge in [-0.2, -0.15) is 0 Å². The van der Waals surface area contributed by atoms with Crippen molar-refractivity contribution in [2.75, 3.05) is 6.61 Å². The van der Waals surface area contributed by atoms with Crippen LogP contribution < -0.4 is 0 Å². The Bertz CT molecular complexity index is 206. The predicted molar refractivity (Wildman–Crippen MR) is 76.0 cm³/mol. The van der Waals surface area contributed by atoms with E-state index in [0.29, 0.717) is 6.61 Å². The molecule has 4 heteroatoms. The van der Waals surface area contributed by atoms with Gasteiger partial charge in [0.1, 0.15) is 0 Å². The van der Waals surface area contributed by atoms with Crippen LogP contribution in [-0.2, 0) is 14.4 Å². The third-order valence-electron chi connectivity index (χ3n) is 3.23. The summed E-state index contributed by atoms with van der Waals surface area (Å²) in [5, 5.41) is 8.28. The Balaban J connectivity index is 3.13. The molecule has 0 aliphatic heterocycles. The normalized spacial score (nSPS) is 12.4. The Morgan fingerprint density at radius 2 is 1.42 bits per heavy atom. The lowest BCUT2D eigenvalue weighted by Crippen LogP contribution is -2.22. The zero-order valence-electron chi connectivity index (χ0n) is 12.5. The third-order valence-corrected chi connectivity index (χ3v) is 3.23. The number of hydrogen-bond donors (Lipinski definition) is 1. The van der Waals surface area contributed by atoms with Gasteiger partial charge in [-0.1, -0.05) is 64.7 Å². The number of carbonyl (C=O) groups is 1. The molecule has 0 saturated heterocycles. The van der Waals surface area contributed by atoms with Gasteiger partial charge in [0.05, 0.1) is 6.61 Å². The van der Waals surface area contributed by atoms with Crippen LogP contribution in [0, 0.1) is 0 Å². The van der Waals surface area contributed by atoms with Crippen LogP contribution in [0.15, 0.2) is 0 Å². The lowest BCUT2D eigenvalue weighted by Gasteiger charge is -2.08. The summed E-state index contributed by atoms with van der Waals surface area (Å²) < 4.78 is 4.94. The average molecular weight is 274 g/mol. The van der Waals surface area contributed by atoms with Crippen LogP contribution in [0.25, 0.3) is 0 Å². The number of ether oxygens (including phenoxy) is 1. The fourth-order valence-electron chi connectivity index (χ4n) is 1.92. The monoisotopic (exact) mass is 274 g/mol. The topological polar surface area (TPSA) is 55.8 Å². The largest absolute Gasteiger partial charge is 0.464 e. The molecule has 0 amide bonds. The fourth-order valence-corrected chi connectivity index (χ4v) is 1.92. The van der Waals surface area contributed by atoms with Crippen LogP contribution in [0.2, 0.25) is 0 Å². The summed E-state index contributed by atoms with van der Waals surface area (Å²) in [4.78, 5) is 15.0. The Labute approximate surface area is 117 Å². The lowest BCUT2D eigenvalue weighted by atomic mass is 10.1. The van der Waals surface area contributed by atoms with Crippen LogP contribution in [0.5, 0.6) is 0 Å². The first kappa shape index (κ1) is 18.4. The number of hydrogen-bond acceptors (Lipinski definition) is 4. The number of rotatable bonds is 13. The maximum Gasteiger partial charge on any atom is 0.338 e. The Kier molecular flexibility index (Phi) is 13.4. The molecule has 0 spiro atoms. The average Bonchev–Trinajstić information content (AvgIpc) is 2.43. The van der Waals surface area contributed by atoms with Crippen molar-refractivity contribution in [3.05, 3.63) is 0 Å². The van der Waals surface area contributed by atoms with Crippen molar-refractivity contribution in [2.24, 2.45) is 0 Å². The van der Waals surface area contributed by atoms with Gasteiger partial charge in [-0.15, -0.1) is 0 Å². The quantitative estimate of drug-likeness (QED) is 0.235. The minimum absolute atomic E-state index is 0.420. The van der Waals surface area contributed by atoms with Crippen LogP contribution in [0.3, 0.4) is 0 Å². The van der Waals surface area contributed by atoms with E-state index in [1.165, 1.54) is 58.3 Å². The van der Waals surface area contributed by atoms with Crippen molar-refractivity contribution in [2.45, 2.75) is 84.2 Å². The summed E-state index contributed by atoms with van der Waals surface area (Å²) >= 11 is 0. The molecule has 0 aromatic carbocycles. The smallest absolute Gasteiger partial charge is 0.338 e. The van der Waals surface area contributed by atoms with E-state index < -0.39 is 12.1 Å². The second-order valence-corrected chi connectivity index (χ2v) is 5.10. The highest BCUT2D eigenvalue weighted by molar-refractivity contribution is 5.73. The van der Waals surface area contributed by atoms with Crippen LogP contribution in [0.1, 0.15) is 78.1 Å². The van der Waals surface area contributed by atoms with Crippen molar-refractivity contribution >= 4 is 5.97 Å². The molecule has 0 aliphatic rings. The van der Waals surface area contributed by atoms with Crippen molar-refractivity contribution in [3.8, 4) is 0 Å². The molecule has 0 fully saturated rings. The first-order valence-corrected chi connectivity index (χ1v) is 7.69. The number of esters is 1. The summed E-state index contributed by atoms with van der Waals surface area (Å²) in [6, 6.07) is 0. The molecule has 1 atom stereocenters. The minimum atomic E-state index is -0.886. The molecule has 0 rings (SSSR count).